The Morgan fingerprint density at radius 1 is 1.20 bits per heavy atom. The van der Waals surface area contributed by atoms with E-state index in [1.54, 1.807) is 0 Å². The minimum Gasteiger partial charge on any atom is -0.461 e. The van der Waals surface area contributed by atoms with E-state index in [2.05, 4.69) is 27.2 Å². The molecule has 1 fully saturated rings. The summed E-state index contributed by atoms with van der Waals surface area (Å²) < 4.78 is 5.47. The van der Waals surface area contributed by atoms with E-state index in [-0.39, 0.29) is 17.4 Å². The average molecular weight is 299 g/mol. The molecule has 1 heterocycles. The zero-order chi connectivity index (χ0) is 14.6. The fraction of sp³-hybridized carbons (Fsp3) is 0.786. The van der Waals surface area contributed by atoms with E-state index in [0.717, 1.165) is 6.54 Å². The molecule has 0 spiro atoms. The smallest absolute Gasteiger partial charge is 0.322 e. The number of hydrogen-bond donors (Lipinski definition) is 1. The van der Waals surface area contributed by atoms with Crippen LogP contribution in [0.1, 0.15) is 52.9 Å². The third-order valence-electron chi connectivity index (χ3n) is 3.66. The predicted octanol–water partition coefficient (Wildman–Crippen LogP) is 3.69. The summed E-state index contributed by atoms with van der Waals surface area (Å²) in [5.41, 5.74) is 0.316. The molecule has 1 aliphatic carbocycles. The quantitative estimate of drug-likeness (QED) is 0.898. The molecular formula is C14H23ClN4O. The zero-order valence-corrected chi connectivity index (χ0v) is 13.2. The van der Waals surface area contributed by atoms with Crippen LogP contribution in [0.3, 0.4) is 0 Å². The van der Waals surface area contributed by atoms with E-state index in [1.807, 2.05) is 13.8 Å². The van der Waals surface area contributed by atoms with Gasteiger partial charge in [-0.05, 0) is 43.7 Å². The molecule has 112 valence electrons. The van der Waals surface area contributed by atoms with Crippen molar-refractivity contribution >= 4 is 17.5 Å². The summed E-state index contributed by atoms with van der Waals surface area (Å²) in [5.74, 6) is 0.493. The lowest BCUT2D eigenvalue weighted by Gasteiger charge is -2.33. The highest BCUT2D eigenvalue weighted by Crippen LogP contribution is 2.35. The van der Waals surface area contributed by atoms with Crippen LogP contribution in [0.2, 0.25) is 5.28 Å². The number of anilines is 1. The zero-order valence-electron chi connectivity index (χ0n) is 12.4. The SMILES string of the molecule is CC(C)Oc1nc(Cl)nc(NCC2(C)CCCCC2)n1. The molecule has 0 amide bonds. The second-order valence-electron chi connectivity index (χ2n) is 6.10. The van der Waals surface area contributed by atoms with Gasteiger partial charge in [0.05, 0.1) is 6.10 Å². The van der Waals surface area contributed by atoms with Crippen molar-refractivity contribution in [2.75, 3.05) is 11.9 Å². The number of rotatable bonds is 5. The number of halogens is 1. The monoisotopic (exact) mass is 298 g/mol. The van der Waals surface area contributed by atoms with Crippen LogP contribution in [-0.4, -0.2) is 27.6 Å². The Morgan fingerprint density at radius 3 is 2.55 bits per heavy atom. The van der Waals surface area contributed by atoms with Crippen molar-refractivity contribution in [1.29, 1.82) is 0 Å². The number of ether oxygens (including phenoxy) is 1. The van der Waals surface area contributed by atoms with E-state index < -0.39 is 0 Å². The van der Waals surface area contributed by atoms with Gasteiger partial charge in [-0.2, -0.15) is 15.0 Å². The van der Waals surface area contributed by atoms with Gasteiger partial charge in [0.2, 0.25) is 11.2 Å². The van der Waals surface area contributed by atoms with E-state index >= 15 is 0 Å². The first-order valence-electron chi connectivity index (χ1n) is 7.29. The Labute approximate surface area is 125 Å². The van der Waals surface area contributed by atoms with Crippen molar-refractivity contribution in [3.05, 3.63) is 5.28 Å². The van der Waals surface area contributed by atoms with Gasteiger partial charge in [0, 0.05) is 6.54 Å². The maximum atomic E-state index is 5.91. The lowest BCUT2D eigenvalue weighted by molar-refractivity contribution is 0.220. The molecule has 5 nitrogen and oxygen atoms in total. The lowest BCUT2D eigenvalue weighted by Crippen LogP contribution is -2.29. The number of nitrogens with one attached hydrogen (secondary N) is 1. The lowest BCUT2D eigenvalue weighted by atomic mass is 9.76. The highest BCUT2D eigenvalue weighted by atomic mass is 35.5. The summed E-state index contributed by atoms with van der Waals surface area (Å²) in [7, 11) is 0. The van der Waals surface area contributed by atoms with E-state index in [0.29, 0.717) is 11.4 Å². The fourth-order valence-corrected chi connectivity index (χ4v) is 2.70. The van der Waals surface area contributed by atoms with Crippen molar-refractivity contribution in [3.63, 3.8) is 0 Å². The highest BCUT2D eigenvalue weighted by Gasteiger charge is 2.26. The van der Waals surface area contributed by atoms with Gasteiger partial charge < -0.3 is 10.1 Å². The third-order valence-corrected chi connectivity index (χ3v) is 3.83. The van der Waals surface area contributed by atoms with Crippen LogP contribution >= 0.6 is 11.6 Å². The first kappa shape index (κ1) is 15.3. The van der Waals surface area contributed by atoms with Crippen molar-refractivity contribution in [2.45, 2.75) is 59.0 Å². The molecule has 0 atom stereocenters. The summed E-state index contributed by atoms with van der Waals surface area (Å²) in [6.45, 7) is 7.02. The Balaban J connectivity index is 1.99. The van der Waals surface area contributed by atoms with Crippen molar-refractivity contribution in [3.8, 4) is 6.01 Å². The Hall–Kier alpha value is -1.10. The molecule has 0 saturated heterocycles. The van der Waals surface area contributed by atoms with E-state index in [9.17, 15) is 0 Å². The highest BCUT2D eigenvalue weighted by molar-refractivity contribution is 6.28. The van der Waals surface area contributed by atoms with Crippen LogP contribution in [0.15, 0.2) is 0 Å². The van der Waals surface area contributed by atoms with Gasteiger partial charge in [-0.25, -0.2) is 0 Å². The van der Waals surface area contributed by atoms with Crippen LogP contribution in [0.25, 0.3) is 0 Å². The molecule has 1 aromatic rings. The van der Waals surface area contributed by atoms with Gasteiger partial charge in [-0.15, -0.1) is 0 Å². The molecule has 1 aromatic heterocycles. The van der Waals surface area contributed by atoms with Gasteiger partial charge in [0.15, 0.2) is 0 Å². The standard InChI is InChI=1S/C14H23ClN4O/c1-10(2)20-13-18-11(15)17-12(19-13)16-9-14(3)7-5-4-6-8-14/h10H,4-9H2,1-3H3,(H,16,17,18,19). The first-order valence-corrected chi connectivity index (χ1v) is 7.67. The third kappa shape index (κ3) is 4.47. The molecule has 1 N–H and O–H groups in total. The summed E-state index contributed by atoms with van der Waals surface area (Å²) in [4.78, 5) is 12.3. The summed E-state index contributed by atoms with van der Waals surface area (Å²) in [6.07, 6.45) is 6.45. The molecule has 0 bridgehead atoms. The predicted molar refractivity (Wildman–Crippen MR) is 80.3 cm³/mol. The van der Waals surface area contributed by atoms with Crippen molar-refractivity contribution in [2.24, 2.45) is 5.41 Å². The normalized spacial score (nSPS) is 18.1. The summed E-state index contributed by atoms with van der Waals surface area (Å²) in [6, 6.07) is 0.274. The van der Waals surface area contributed by atoms with E-state index in [4.69, 9.17) is 16.3 Å². The van der Waals surface area contributed by atoms with Crippen molar-refractivity contribution in [1.82, 2.24) is 15.0 Å². The van der Waals surface area contributed by atoms with Crippen LogP contribution in [0.5, 0.6) is 6.01 Å². The fourth-order valence-electron chi connectivity index (χ4n) is 2.55. The van der Waals surface area contributed by atoms with Crippen LogP contribution in [0.4, 0.5) is 5.95 Å². The first-order chi connectivity index (χ1) is 9.47. The molecule has 0 unspecified atom stereocenters. The Bertz CT molecular complexity index is 447. The molecule has 2 rings (SSSR count). The van der Waals surface area contributed by atoms with Crippen LogP contribution in [-0.2, 0) is 0 Å². The molecule has 1 aliphatic rings. The molecular weight excluding hydrogens is 276 g/mol. The van der Waals surface area contributed by atoms with Gasteiger partial charge >= 0.3 is 6.01 Å². The molecule has 6 heteroatoms. The minimum atomic E-state index is 0.0113. The molecule has 20 heavy (non-hydrogen) atoms. The number of nitrogens with zero attached hydrogens (tertiary/aromatic N) is 3. The number of hydrogen-bond acceptors (Lipinski definition) is 5. The second kappa shape index (κ2) is 6.57. The minimum absolute atomic E-state index is 0.0113. The average Bonchev–Trinajstić information content (AvgIpc) is 2.36. The molecule has 0 aromatic carbocycles. The number of aromatic nitrogens is 3. The van der Waals surface area contributed by atoms with Gasteiger partial charge in [-0.3, -0.25) is 0 Å². The largest absolute Gasteiger partial charge is 0.461 e. The summed E-state index contributed by atoms with van der Waals surface area (Å²) in [5, 5.41) is 3.44. The Morgan fingerprint density at radius 2 is 1.90 bits per heavy atom. The van der Waals surface area contributed by atoms with Crippen LogP contribution in [0, 0.1) is 5.41 Å². The Kier molecular flexibility index (Phi) is 5.02. The maximum Gasteiger partial charge on any atom is 0.322 e. The second-order valence-corrected chi connectivity index (χ2v) is 6.44. The molecule has 1 saturated carbocycles. The summed E-state index contributed by atoms with van der Waals surface area (Å²) >= 11 is 5.91. The maximum absolute atomic E-state index is 5.91. The van der Waals surface area contributed by atoms with Gasteiger partial charge in [0.25, 0.3) is 0 Å². The molecule has 0 radical (unpaired) electrons. The van der Waals surface area contributed by atoms with Gasteiger partial charge in [-0.1, -0.05) is 26.2 Å². The molecule has 0 aliphatic heterocycles. The topological polar surface area (TPSA) is 59.9 Å². The van der Waals surface area contributed by atoms with E-state index in [1.165, 1.54) is 32.1 Å². The van der Waals surface area contributed by atoms with Gasteiger partial charge in [0.1, 0.15) is 0 Å². The van der Waals surface area contributed by atoms with Crippen LogP contribution < -0.4 is 10.1 Å². The van der Waals surface area contributed by atoms with Crippen molar-refractivity contribution < 1.29 is 4.74 Å².